The van der Waals surface area contributed by atoms with Crippen molar-refractivity contribution in [1.82, 2.24) is 9.88 Å². The summed E-state index contributed by atoms with van der Waals surface area (Å²) in [5.41, 5.74) is 1.11. The summed E-state index contributed by atoms with van der Waals surface area (Å²) in [7, 11) is 0. The van der Waals surface area contributed by atoms with E-state index >= 15 is 0 Å². The number of anilines is 1. The quantitative estimate of drug-likeness (QED) is 0.806. The van der Waals surface area contributed by atoms with Crippen LogP contribution in [-0.4, -0.2) is 41.2 Å². The van der Waals surface area contributed by atoms with E-state index in [1.54, 1.807) is 0 Å². The first-order valence-corrected chi connectivity index (χ1v) is 6.85. The van der Waals surface area contributed by atoms with E-state index in [0.717, 1.165) is 50.5 Å². The second-order valence-electron chi connectivity index (χ2n) is 5.01. The SMILES string of the molecule is CCCNc1cccc(CN2CCC(CO)C2)n1. The van der Waals surface area contributed by atoms with E-state index in [4.69, 9.17) is 5.11 Å². The van der Waals surface area contributed by atoms with E-state index < -0.39 is 0 Å². The van der Waals surface area contributed by atoms with E-state index in [-0.39, 0.29) is 0 Å². The molecule has 1 aromatic heterocycles. The van der Waals surface area contributed by atoms with Crippen molar-refractivity contribution in [3.05, 3.63) is 23.9 Å². The zero-order valence-electron chi connectivity index (χ0n) is 11.1. The van der Waals surface area contributed by atoms with Crippen molar-refractivity contribution < 1.29 is 5.11 Å². The molecule has 1 saturated heterocycles. The molecule has 4 nitrogen and oxygen atoms in total. The monoisotopic (exact) mass is 249 g/mol. The normalized spacial score (nSPS) is 20.2. The third-order valence-corrected chi connectivity index (χ3v) is 3.38. The van der Waals surface area contributed by atoms with Gasteiger partial charge in [-0.05, 0) is 37.4 Å². The molecule has 4 heteroatoms. The first kappa shape index (κ1) is 13.3. The molecule has 1 unspecified atom stereocenters. The molecule has 1 atom stereocenters. The molecule has 0 radical (unpaired) electrons. The van der Waals surface area contributed by atoms with Gasteiger partial charge < -0.3 is 10.4 Å². The largest absolute Gasteiger partial charge is 0.396 e. The third kappa shape index (κ3) is 3.68. The Balaban J connectivity index is 1.89. The second-order valence-corrected chi connectivity index (χ2v) is 5.01. The van der Waals surface area contributed by atoms with Crippen LogP contribution in [-0.2, 0) is 6.54 Å². The predicted octanol–water partition coefficient (Wildman–Crippen LogP) is 1.72. The lowest BCUT2D eigenvalue weighted by molar-refractivity contribution is 0.219. The third-order valence-electron chi connectivity index (χ3n) is 3.38. The Bertz CT molecular complexity index is 370. The van der Waals surface area contributed by atoms with E-state index in [0.29, 0.717) is 12.5 Å². The number of pyridine rings is 1. The van der Waals surface area contributed by atoms with E-state index in [1.165, 1.54) is 0 Å². The first-order chi connectivity index (χ1) is 8.81. The number of aliphatic hydroxyl groups excluding tert-OH is 1. The van der Waals surface area contributed by atoms with Gasteiger partial charge in [-0.15, -0.1) is 0 Å². The van der Waals surface area contributed by atoms with Crippen molar-refractivity contribution in [2.24, 2.45) is 5.92 Å². The van der Waals surface area contributed by atoms with Crippen molar-refractivity contribution in [1.29, 1.82) is 0 Å². The maximum absolute atomic E-state index is 9.14. The molecule has 100 valence electrons. The minimum absolute atomic E-state index is 0.308. The average molecular weight is 249 g/mol. The topological polar surface area (TPSA) is 48.4 Å². The minimum atomic E-state index is 0.308. The minimum Gasteiger partial charge on any atom is -0.396 e. The summed E-state index contributed by atoms with van der Waals surface area (Å²) < 4.78 is 0. The molecule has 0 aliphatic carbocycles. The molecule has 1 fully saturated rings. The van der Waals surface area contributed by atoms with Gasteiger partial charge in [0.1, 0.15) is 5.82 Å². The van der Waals surface area contributed by atoms with Crippen molar-refractivity contribution in [3.8, 4) is 0 Å². The van der Waals surface area contributed by atoms with Crippen molar-refractivity contribution in [3.63, 3.8) is 0 Å². The van der Waals surface area contributed by atoms with Crippen LogP contribution >= 0.6 is 0 Å². The summed E-state index contributed by atoms with van der Waals surface area (Å²) in [4.78, 5) is 6.98. The maximum atomic E-state index is 9.14. The molecule has 0 aromatic carbocycles. The number of rotatable bonds is 6. The highest BCUT2D eigenvalue weighted by atomic mass is 16.3. The summed E-state index contributed by atoms with van der Waals surface area (Å²) >= 11 is 0. The molecule has 0 bridgehead atoms. The van der Waals surface area contributed by atoms with Crippen LogP contribution in [0.5, 0.6) is 0 Å². The van der Waals surface area contributed by atoms with Crippen LogP contribution in [0.4, 0.5) is 5.82 Å². The predicted molar refractivity (Wildman–Crippen MR) is 73.5 cm³/mol. The van der Waals surface area contributed by atoms with Crippen LogP contribution in [0, 0.1) is 5.92 Å². The maximum Gasteiger partial charge on any atom is 0.126 e. The van der Waals surface area contributed by atoms with Crippen molar-refractivity contribution >= 4 is 5.82 Å². The Morgan fingerprint density at radius 3 is 3.11 bits per heavy atom. The highest BCUT2D eigenvalue weighted by molar-refractivity contribution is 5.35. The lowest BCUT2D eigenvalue weighted by atomic mass is 10.1. The fourth-order valence-electron chi connectivity index (χ4n) is 2.35. The number of nitrogens with zero attached hydrogens (tertiary/aromatic N) is 2. The number of aliphatic hydroxyl groups is 1. The van der Waals surface area contributed by atoms with Gasteiger partial charge in [-0.25, -0.2) is 4.98 Å². The van der Waals surface area contributed by atoms with E-state index in [2.05, 4.69) is 34.3 Å². The molecule has 1 aromatic rings. The molecule has 2 heterocycles. The van der Waals surface area contributed by atoms with Gasteiger partial charge in [0.2, 0.25) is 0 Å². The lowest BCUT2D eigenvalue weighted by Crippen LogP contribution is -2.21. The van der Waals surface area contributed by atoms with Gasteiger partial charge in [0.05, 0.1) is 5.69 Å². The molecule has 1 aliphatic rings. The Morgan fingerprint density at radius 1 is 1.50 bits per heavy atom. The van der Waals surface area contributed by atoms with Crippen molar-refractivity contribution in [2.45, 2.75) is 26.3 Å². The van der Waals surface area contributed by atoms with Crippen molar-refractivity contribution in [2.75, 3.05) is 31.6 Å². The molecule has 2 N–H and O–H groups in total. The summed E-state index contributed by atoms with van der Waals surface area (Å²) in [5, 5.41) is 12.4. The summed E-state index contributed by atoms with van der Waals surface area (Å²) in [6.07, 6.45) is 2.21. The fourth-order valence-corrected chi connectivity index (χ4v) is 2.35. The lowest BCUT2D eigenvalue weighted by Gasteiger charge is -2.15. The zero-order chi connectivity index (χ0) is 12.8. The number of aromatic nitrogens is 1. The Labute approximate surface area is 109 Å². The molecule has 0 saturated carbocycles. The number of hydrogen-bond donors (Lipinski definition) is 2. The van der Waals surface area contributed by atoms with Crippen LogP contribution in [0.3, 0.4) is 0 Å². The Kier molecular flexibility index (Phi) is 4.96. The average Bonchev–Trinajstić information content (AvgIpc) is 2.84. The molecule has 0 spiro atoms. The van der Waals surface area contributed by atoms with Crippen LogP contribution in [0.15, 0.2) is 18.2 Å². The summed E-state index contributed by atoms with van der Waals surface area (Å²) in [6.45, 7) is 6.37. The molecule has 0 amide bonds. The number of nitrogens with one attached hydrogen (secondary N) is 1. The number of hydrogen-bond acceptors (Lipinski definition) is 4. The molecule has 18 heavy (non-hydrogen) atoms. The summed E-state index contributed by atoms with van der Waals surface area (Å²) in [5.74, 6) is 1.42. The standard InChI is InChI=1S/C14H23N3O/c1-2-7-15-14-5-3-4-13(16-14)10-17-8-6-12(9-17)11-18/h3-5,12,18H,2,6-11H2,1H3,(H,15,16). The molecular formula is C14H23N3O. The fraction of sp³-hybridized carbons (Fsp3) is 0.643. The Morgan fingerprint density at radius 2 is 2.39 bits per heavy atom. The highest BCUT2D eigenvalue weighted by Gasteiger charge is 2.21. The van der Waals surface area contributed by atoms with E-state index in [9.17, 15) is 0 Å². The Hall–Kier alpha value is -1.13. The van der Waals surface area contributed by atoms with Gasteiger partial charge in [0.25, 0.3) is 0 Å². The van der Waals surface area contributed by atoms with Gasteiger partial charge in [-0.2, -0.15) is 0 Å². The molecule has 2 rings (SSSR count). The van der Waals surface area contributed by atoms with Gasteiger partial charge in [-0.3, -0.25) is 4.90 Å². The van der Waals surface area contributed by atoms with Gasteiger partial charge in [-0.1, -0.05) is 13.0 Å². The van der Waals surface area contributed by atoms with Crippen LogP contribution < -0.4 is 5.32 Å². The number of likely N-dealkylation sites (tertiary alicyclic amines) is 1. The van der Waals surface area contributed by atoms with Gasteiger partial charge >= 0.3 is 0 Å². The smallest absolute Gasteiger partial charge is 0.126 e. The van der Waals surface area contributed by atoms with Gasteiger partial charge in [0.15, 0.2) is 0 Å². The van der Waals surface area contributed by atoms with Crippen LogP contribution in [0.25, 0.3) is 0 Å². The summed E-state index contributed by atoms with van der Waals surface area (Å²) in [6, 6.07) is 6.14. The van der Waals surface area contributed by atoms with E-state index in [1.807, 2.05) is 6.07 Å². The first-order valence-electron chi connectivity index (χ1n) is 6.85. The zero-order valence-corrected chi connectivity index (χ0v) is 11.1. The van der Waals surface area contributed by atoms with Crippen LogP contribution in [0.1, 0.15) is 25.5 Å². The second kappa shape index (κ2) is 6.71. The highest BCUT2D eigenvalue weighted by Crippen LogP contribution is 2.17. The molecule has 1 aliphatic heterocycles. The molecular weight excluding hydrogens is 226 g/mol. The van der Waals surface area contributed by atoms with Crippen LogP contribution in [0.2, 0.25) is 0 Å². The van der Waals surface area contributed by atoms with Gasteiger partial charge in [0, 0.05) is 26.2 Å².